The SMILES string of the molecule is O=C(COc1ccc(-n2cnnn2)cc1)N1CCN(c2ccc(Cl)cc2)CC1. The number of halogens is 1. The summed E-state index contributed by atoms with van der Waals surface area (Å²) in [5, 5.41) is 11.8. The van der Waals surface area contributed by atoms with Gasteiger partial charge in [0, 0.05) is 36.9 Å². The van der Waals surface area contributed by atoms with Crippen LogP contribution in [-0.2, 0) is 4.79 Å². The molecule has 1 amide bonds. The van der Waals surface area contributed by atoms with Crippen LogP contribution >= 0.6 is 11.6 Å². The molecule has 9 heteroatoms. The molecule has 0 radical (unpaired) electrons. The smallest absolute Gasteiger partial charge is 0.260 e. The van der Waals surface area contributed by atoms with Gasteiger partial charge in [0.2, 0.25) is 0 Å². The van der Waals surface area contributed by atoms with Gasteiger partial charge in [-0.25, -0.2) is 4.68 Å². The van der Waals surface area contributed by atoms with Crippen LogP contribution in [0, 0.1) is 0 Å². The molecule has 2 heterocycles. The third-order valence-corrected chi connectivity index (χ3v) is 4.89. The number of hydrogen-bond acceptors (Lipinski definition) is 6. The zero-order valence-electron chi connectivity index (χ0n) is 15.1. The number of nitrogens with zero attached hydrogens (tertiary/aromatic N) is 6. The fourth-order valence-electron chi connectivity index (χ4n) is 3.08. The van der Waals surface area contributed by atoms with E-state index in [-0.39, 0.29) is 12.5 Å². The minimum atomic E-state index is -0.0136. The van der Waals surface area contributed by atoms with Crippen molar-refractivity contribution in [2.24, 2.45) is 0 Å². The van der Waals surface area contributed by atoms with Crippen LogP contribution in [0.5, 0.6) is 5.75 Å². The highest BCUT2D eigenvalue weighted by Gasteiger charge is 2.21. The molecule has 0 saturated carbocycles. The summed E-state index contributed by atoms with van der Waals surface area (Å²) in [5.74, 6) is 0.616. The van der Waals surface area contributed by atoms with E-state index in [1.807, 2.05) is 41.3 Å². The monoisotopic (exact) mass is 398 g/mol. The summed E-state index contributed by atoms with van der Waals surface area (Å²) in [4.78, 5) is 16.5. The van der Waals surface area contributed by atoms with Crippen LogP contribution in [0.1, 0.15) is 0 Å². The summed E-state index contributed by atoms with van der Waals surface area (Å²) in [7, 11) is 0. The lowest BCUT2D eigenvalue weighted by atomic mass is 10.2. The topological polar surface area (TPSA) is 76.4 Å². The summed E-state index contributed by atoms with van der Waals surface area (Å²) in [6.45, 7) is 2.93. The highest BCUT2D eigenvalue weighted by atomic mass is 35.5. The van der Waals surface area contributed by atoms with Crippen molar-refractivity contribution in [2.45, 2.75) is 0 Å². The number of carbonyl (C=O) groups excluding carboxylic acids is 1. The van der Waals surface area contributed by atoms with Crippen molar-refractivity contribution in [3.05, 3.63) is 59.9 Å². The average molecular weight is 399 g/mol. The zero-order valence-corrected chi connectivity index (χ0v) is 15.9. The van der Waals surface area contributed by atoms with E-state index in [1.54, 1.807) is 16.8 Å². The van der Waals surface area contributed by atoms with Gasteiger partial charge in [-0.05, 0) is 59.0 Å². The summed E-state index contributed by atoms with van der Waals surface area (Å²) in [6.07, 6.45) is 1.52. The summed E-state index contributed by atoms with van der Waals surface area (Å²) >= 11 is 5.94. The minimum Gasteiger partial charge on any atom is -0.484 e. The van der Waals surface area contributed by atoms with Gasteiger partial charge in [-0.3, -0.25) is 4.79 Å². The van der Waals surface area contributed by atoms with Gasteiger partial charge in [-0.2, -0.15) is 0 Å². The van der Waals surface area contributed by atoms with Crippen molar-refractivity contribution >= 4 is 23.2 Å². The maximum absolute atomic E-state index is 12.4. The first kappa shape index (κ1) is 18.2. The molecule has 0 unspecified atom stereocenters. The van der Waals surface area contributed by atoms with Gasteiger partial charge < -0.3 is 14.5 Å². The Bertz CT molecular complexity index is 907. The van der Waals surface area contributed by atoms with Crippen LogP contribution in [0.25, 0.3) is 5.69 Å². The van der Waals surface area contributed by atoms with Crippen molar-refractivity contribution < 1.29 is 9.53 Å². The predicted molar refractivity (Wildman–Crippen MR) is 105 cm³/mol. The zero-order chi connectivity index (χ0) is 19.3. The van der Waals surface area contributed by atoms with Crippen LogP contribution in [0.15, 0.2) is 54.9 Å². The Morgan fingerprint density at radius 2 is 1.64 bits per heavy atom. The van der Waals surface area contributed by atoms with Crippen molar-refractivity contribution in [1.29, 1.82) is 0 Å². The second-order valence-electron chi connectivity index (χ2n) is 6.38. The van der Waals surface area contributed by atoms with Gasteiger partial charge in [0.25, 0.3) is 5.91 Å². The van der Waals surface area contributed by atoms with E-state index < -0.39 is 0 Å². The number of hydrogen-bond donors (Lipinski definition) is 0. The Morgan fingerprint density at radius 1 is 0.964 bits per heavy atom. The number of piperazine rings is 1. The largest absolute Gasteiger partial charge is 0.484 e. The third-order valence-electron chi connectivity index (χ3n) is 4.64. The fourth-order valence-corrected chi connectivity index (χ4v) is 3.20. The molecule has 4 rings (SSSR count). The normalized spacial score (nSPS) is 14.2. The number of anilines is 1. The van der Waals surface area contributed by atoms with E-state index in [4.69, 9.17) is 16.3 Å². The van der Waals surface area contributed by atoms with E-state index >= 15 is 0 Å². The number of benzene rings is 2. The average Bonchev–Trinajstić information content (AvgIpc) is 3.28. The second-order valence-corrected chi connectivity index (χ2v) is 6.82. The Balaban J connectivity index is 1.26. The molecular formula is C19H19ClN6O2. The van der Waals surface area contributed by atoms with Crippen molar-refractivity contribution in [3.8, 4) is 11.4 Å². The maximum atomic E-state index is 12.4. The lowest BCUT2D eigenvalue weighted by molar-refractivity contribution is -0.133. The molecule has 1 aromatic heterocycles. The second kappa shape index (κ2) is 8.26. The molecule has 2 aromatic carbocycles. The van der Waals surface area contributed by atoms with Crippen LogP contribution in [-0.4, -0.2) is 63.8 Å². The van der Waals surface area contributed by atoms with Crippen LogP contribution < -0.4 is 9.64 Å². The van der Waals surface area contributed by atoms with E-state index in [2.05, 4.69) is 20.4 Å². The Labute approximate surface area is 167 Å². The van der Waals surface area contributed by atoms with Crippen LogP contribution in [0.2, 0.25) is 5.02 Å². The van der Waals surface area contributed by atoms with E-state index in [1.165, 1.54) is 6.33 Å². The fraction of sp³-hybridized carbons (Fsp3) is 0.263. The number of carbonyl (C=O) groups is 1. The molecule has 28 heavy (non-hydrogen) atoms. The van der Waals surface area contributed by atoms with Crippen LogP contribution in [0.4, 0.5) is 5.69 Å². The van der Waals surface area contributed by atoms with Gasteiger partial charge in [0.1, 0.15) is 12.1 Å². The quantitative estimate of drug-likeness (QED) is 0.654. The number of aromatic nitrogens is 4. The molecule has 0 atom stereocenters. The molecule has 1 aliphatic rings. The number of amides is 1. The highest BCUT2D eigenvalue weighted by Crippen LogP contribution is 2.20. The van der Waals surface area contributed by atoms with Crippen molar-refractivity contribution in [3.63, 3.8) is 0 Å². The van der Waals surface area contributed by atoms with Crippen LogP contribution in [0.3, 0.4) is 0 Å². The third kappa shape index (κ3) is 4.23. The summed E-state index contributed by atoms with van der Waals surface area (Å²) < 4.78 is 7.19. The van der Waals surface area contributed by atoms with E-state index in [9.17, 15) is 4.79 Å². The summed E-state index contributed by atoms with van der Waals surface area (Å²) in [6, 6.07) is 15.0. The molecule has 0 aliphatic carbocycles. The molecule has 0 spiro atoms. The van der Waals surface area contributed by atoms with Gasteiger partial charge in [0.15, 0.2) is 6.61 Å². The molecule has 0 N–H and O–H groups in total. The number of tetrazole rings is 1. The molecule has 0 bridgehead atoms. The van der Waals surface area contributed by atoms with Gasteiger partial charge in [0.05, 0.1) is 5.69 Å². The van der Waals surface area contributed by atoms with Gasteiger partial charge in [-0.1, -0.05) is 11.6 Å². The van der Waals surface area contributed by atoms with Gasteiger partial charge >= 0.3 is 0 Å². The van der Waals surface area contributed by atoms with E-state index in [0.717, 1.165) is 29.5 Å². The summed E-state index contributed by atoms with van der Waals surface area (Å²) in [5.41, 5.74) is 1.94. The molecule has 144 valence electrons. The standard InChI is InChI=1S/C19H19ClN6O2/c20-15-1-3-16(4-2-15)24-9-11-25(12-10-24)19(27)13-28-18-7-5-17(6-8-18)26-14-21-22-23-26/h1-8,14H,9-13H2. The van der Waals surface area contributed by atoms with E-state index in [0.29, 0.717) is 18.8 Å². The van der Waals surface area contributed by atoms with Crippen molar-refractivity contribution in [2.75, 3.05) is 37.7 Å². The molecule has 8 nitrogen and oxygen atoms in total. The molecule has 1 saturated heterocycles. The first-order valence-corrected chi connectivity index (χ1v) is 9.31. The first-order valence-electron chi connectivity index (χ1n) is 8.93. The Hall–Kier alpha value is -3.13. The Morgan fingerprint density at radius 3 is 2.29 bits per heavy atom. The molecule has 3 aromatic rings. The Kier molecular flexibility index (Phi) is 5.38. The number of rotatable bonds is 5. The lowest BCUT2D eigenvalue weighted by Crippen LogP contribution is -2.50. The predicted octanol–water partition coefficient (Wildman–Crippen LogP) is 2.04. The van der Waals surface area contributed by atoms with Crippen molar-refractivity contribution in [1.82, 2.24) is 25.1 Å². The maximum Gasteiger partial charge on any atom is 0.260 e. The molecule has 1 aliphatic heterocycles. The number of ether oxygens (including phenoxy) is 1. The lowest BCUT2D eigenvalue weighted by Gasteiger charge is -2.36. The molecular weight excluding hydrogens is 380 g/mol. The molecule has 1 fully saturated rings. The van der Waals surface area contributed by atoms with Gasteiger partial charge in [-0.15, -0.1) is 5.10 Å². The highest BCUT2D eigenvalue weighted by molar-refractivity contribution is 6.30. The first-order chi connectivity index (χ1) is 13.7. The minimum absolute atomic E-state index is 0.0136.